The summed E-state index contributed by atoms with van der Waals surface area (Å²) in [4.78, 5) is 50.1. The minimum Gasteiger partial charge on any atom is -0.458 e. The second-order valence-corrected chi connectivity index (χ2v) is 8.92. The molecule has 3 aliphatic rings. The standard InChI is InChI=1S/C25H30O8/c1-8-12(3)22(27)31-19-17-15(6)24(29)32-20(17)21(33-23(28)13(4)9-2)25(7,16-11-30-16)18(19)14(5)10-26/h8-10,16-21H,5-6,11H2,1-4,7H3/b12-8-,13-9-/t16-,17-,18-,19-,20-,21-,25-/m0/s1. The van der Waals surface area contributed by atoms with E-state index in [9.17, 15) is 19.2 Å². The van der Waals surface area contributed by atoms with Gasteiger partial charge in [-0.3, -0.25) is 4.79 Å². The number of carbonyl (C=O) groups is 4. The van der Waals surface area contributed by atoms with Crippen LogP contribution in [-0.4, -0.2) is 55.2 Å². The van der Waals surface area contributed by atoms with E-state index in [0.717, 1.165) is 0 Å². The summed E-state index contributed by atoms with van der Waals surface area (Å²) in [5, 5.41) is 0. The maximum absolute atomic E-state index is 12.8. The molecule has 0 bridgehead atoms. The average Bonchev–Trinajstić information content (AvgIpc) is 3.61. The molecule has 1 aliphatic carbocycles. The van der Waals surface area contributed by atoms with Crippen molar-refractivity contribution in [2.45, 2.75) is 59.0 Å². The Bertz CT molecular complexity index is 969. The van der Waals surface area contributed by atoms with Crippen LogP contribution in [0.1, 0.15) is 34.6 Å². The first kappa shape index (κ1) is 24.6. The summed E-state index contributed by atoms with van der Waals surface area (Å²) < 4.78 is 23.0. The Morgan fingerprint density at radius 3 is 2.15 bits per heavy atom. The van der Waals surface area contributed by atoms with Gasteiger partial charge in [-0.15, -0.1) is 0 Å². The lowest BCUT2D eigenvalue weighted by Gasteiger charge is -2.52. The first-order chi connectivity index (χ1) is 15.5. The number of rotatable bonds is 7. The highest BCUT2D eigenvalue weighted by Gasteiger charge is 2.70. The number of ether oxygens (including phenoxy) is 4. The number of aldehydes is 1. The van der Waals surface area contributed by atoms with Crippen molar-refractivity contribution >= 4 is 24.2 Å². The molecule has 0 N–H and O–H groups in total. The van der Waals surface area contributed by atoms with E-state index in [1.807, 2.05) is 0 Å². The Balaban J connectivity index is 2.18. The van der Waals surface area contributed by atoms with E-state index in [2.05, 4.69) is 13.2 Å². The zero-order valence-electron chi connectivity index (χ0n) is 19.6. The molecule has 2 saturated heterocycles. The minimum atomic E-state index is -1.07. The maximum Gasteiger partial charge on any atom is 0.334 e. The van der Waals surface area contributed by atoms with Crippen LogP contribution in [-0.2, 0) is 38.1 Å². The van der Waals surface area contributed by atoms with Gasteiger partial charge in [0.05, 0.1) is 18.6 Å². The van der Waals surface area contributed by atoms with Gasteiger partial charge in [0.2, 0.25) is 0 Å². The zero-order chi connectivity index (χ0) is 24.7. The molecule has 0 spiro atoms. The van der Waals surface area contributed by atoms with Crippen LogP contribution < -0.4 is 0 Å². The molecule has 0 aromatic rings. The first-order valence-electron chi connectivity index (χ1n) is 10.9. The highest BCUT2D eigenvalue weighted by Crippen LogP contribution is 2.58. The van der Waals surface area contributed by atoms with Crippen LogP contribution >= 0.6 is 0 Å². The molecule has 178 valence electrons. The highest BCUT2D eigenvalue weighted by atomic mass is 16.6. The van der Waals surface area contributed by atoms with Crippen LogP contribution in [0.3, 0.4) is 0 Å². The molecule has 0 radical (unpaired) electrons. The number of epoxide rings is 1. The predicted octanol–water partition coefficient (Wildman–Crippen LogP) is 2.63. The molecule has 0 amide bonds. The first-order valence-corrected chi connectivity index (χ1v) is 10.9. The highest BCUT2D eigenvalue weighted by molar-refractivity contribution is 5.92. The van der Waals surface area contributed by atoms with Gasteiger partial charge < -0.3 is 18.9 Å². The van der Waals surface area contributed by atoms with Crippen molar-refractivity contribution in [2.75, 3.05) is 6.61 Å². The Morgan fingerprint density at radius 2 is 1.67 bits per heavy atom. The molecule has 0 aromatic carbocycles. The molecular weight excluding hydrogens is 428 g/mol. The van der Waals surface area contributed by atoms with Crippen LogP contribution in [0.2, 0.25) is 0 Å². The topological polar surface area (TPSA) is 108 Å². The molecule has 8 heteroatoms. The quantitative estimate of drug-likeness (QED) is 0.188. The van der Waals surface area contributed by atoms with E-state index in [1.54, 1.807) is 46.8 Å². The van der Waals surface area contributed by atoms with Gasteiger partial charge in [0.25, 0.3) is 0 Å². The summed E-state index contributed by atoms with van der Waals surface area (Å²) >= 11 is 0. The van der Waals surface area contributed by atoms with Crippen LogP contribution in [0.4, 0.5) is 0 Å². The summed E-state index contributed by atoms with van der Waals surface area (Å²) in [6.45, 7) is 16.5. The zero-order valence-corrected chi connectivity index (χ0v) is 19.6. The van der Waals surface area contributed by atoms with Gasteiger partial charge in [-0.05, 0) is 33.3 Å². The fourth-order valence-corrected chi connectivity index (χ4v) is 4.80. The normalized spacial score (nSPS) is 35.9. The molecule has 1 saturated carbocycles. The van der Waals surface area contributed by atoms with Gasteiger partial charge in [0.1, 0.15) is 18.5 Å². The molecule has 3 fully saturated rings. The van der Waals surface area contributed by atoms with E-state index in [0.29, 0.717) is 24.0 Å². The summed E-state index contributed by atoms with van der Waals surface area (Å²) in [6.07, 6.45) is 0.421. The number of fused-ring (bicyclic) bond motifs is 1. The van der Waals surface area contributed by atoms with Crippen LogP contribution in [0.25, 0.3) is 0 Å². The molecule has 7 atom stereocenters. The van der Waals surface area contributed by atoms with E-state index in [1.165, 1.54) is 0 Å². The predicted molar refractivity (Wildman–Crippen MR) is 118 cm³/mol. The van der Waals surface area contributed by atoms with E-state index in [4.69, 9.17) is 18.9 Å². The van der Waals surface area contributed by atoms with Crippen LogP contribution in [0.15, 0.2) is 47.6 Å². The molecule has 33 heavy (non-hydrogen) atoms. The lowest BCUT2D eigenvalue weighted by molar-refractivity contribution is -0.208. The van der Waals surface area contributed by atoms with Crippen molar-refractivity contribution in [1.82, 2.24) is 0 Å². The van der Waals surface area contributed by atoms with Gasteiger partial charge in [-0.1, -0.05) is 32.2 Å². The second kappa shape index (κ2) is 9.09. The molecule has 0 unspecified atom stereocenters. The lowest BCUT2D eigenvalue weighted by Crippen LogP contribution is -2.64. The third-order valence-electron chi connectivity index (χ3n) is 7.09. The van der Waals surface area contributed by atoms with Gasteiger partial charge in [-0.25, -0.2) is 14.4 Å². The summed E-state index contributed by atoms with van der Waals surface area (Å²) in [5.41, 5.74) is -0.112. The van der Waals surface area contributed by atoms with Crippen molar-refractivity contribution in [3.63, 3.8) is 0 Å². The number of esters is 3. The largest absolute Gasteiger partial charge is 0.458 e. The van der Waals surface area contributed by atoms with Crippen molar-refractivity contribution in [1.29, 1.82) is 0 Å². The third kappa shape index (κ3) is 4.08. The van der Waals surface area contributed by atoms with E-state index in [-0.39, 0.29) is 11.1 Å². The van der Waals surface area contributed by atoms with Gasteiger partial charge in [-0.2, -0.15) is 0 Å². The Morgan fingerprint density at radius 1 is 1.12 bits per heavy atom. The van der Waals surface area contributed by atoms with Crippen molar-refractivity contribution in [3.8, 4) is 0 Å². The molecule has 2 aliphatic heterocycles. The molecular formula is C25H30O8. The summed E-state index contributed by atoms with van der Waals surface area (Å²) in [6, 6.07) is 0. The lowest BCUT2D eigenvalue weighted by atomic mass is 9.56. The Kier molecular flexibility index (Phi) is 6.79. The van der Waals surface area contributed by atoms with Crippen molar-refractivity contribution in [2.24, 2.45) is 17.3 Å². The van der Waals surface area contributed by atoms with Gasteiger partial charge in [0, 0.05) is 28.1 Å². The Hall–Kier alpha value is -3.00. The SMILES string of the molecule is C=C1C(=O)O[C@H]2[C@@H]1[C@H](OC(=O)/C(C)=C\C)[C@H](C(=C)C=O)[C@](C)([C@@H]1CO1)[C@H]2OC(=O)/C(C)=C\C. The minimum absolute atomic E-state index is 0.0854. The summed E-state index contributed by atoms with van der Waals surface area (Å²) in [5.74, 6) is -3.50. The van der Waals surface area contributed by atoms with Crippen LogP contribution in [0.5, 0.6) is 0 Å². The molecule has 8 nitrogen and oxygen atoms in total. The second-order valence-electron chi connectivity index (χ2n) is 8.92. The summed E-state index contributed by atoms with van der Waals surface area (Å²) in [7, 11) is 0. The number of allylic oxidation sites excluding steroid dienone is 2. The van der Waals surface area contributed by atoms with Crippen molar-refractivity contribution < 1.29 is 38.1 Å². The number of hydrogen-bond acceptors (Lipinski definition) is 8. The monoisotopic (exact) mass is 458 g/mol. The van der Waals surface area contributed by atoms with Crippen molar-refractivity contribution in [3.05, 3.63) is 47.6 Å². The Labute approximate surface area is 193 Å². The number of carbonyl (C=O) groups excluding carboxylic acids is 4. The van der Waals surface area contributed by atoms with E-state index < -0.39 is 59.6 Å². The molecule has 3 rings (SSSR count). The number of hydrogen-bond donors (Lipinski definition) is 0. The fourth-order valence-electron chi connectivity index (χ4n) is 4.80. The van der Waals surface area contributed by atoms with Gasteiger partial charge >= 0.3 is 17.9 Å². The average molecular weight is 459 g/mol. The van der Waals surface area contributed by atoms with E-state index >= 15 is 0 Å². The smallest absolute Gasteiger partial charge is 0.334 e. The third-order valence-corrected chi connectivity index (χ3v) is 7.09. The fraction of sp³-hybridized carbons (Fsp3) is 0.520. The van der Waals surface area contributed by atoms with Gasteiger partial charge in [0.15, 0.2) is 6.10 Å². The molecule has 0 aromatic heterocycles. The maximum atomic E-state index is 12.8. The molecule has 2 heterocycles. The van der Waals surface area contributed by atoms with Crippen LogP contribution in [0, 0.1) is 17.3 Å².